The molecule has 1 aromatic carbocycles. The number of hydrogen-bond donors (Lipinski definition) is 2. The maximum absolute atomic E-state index is 11.0. The Kier molecular flexibility index (Phi) is 4.34. The molecule has 0 bridgehead atoms. The van der Waals surface area contributed by atoms with Gasteiger partial charge in [-0.2, -0.15) is 5.10 Å². The Labute approximate surface area is 165 Å². The van der Waals surface area contributed by atoms with E-state index in [-0.39, 0.29) is 12.4 Å². The fourth-order valence-electron chi connectivity index (χ4n) is 3.33. The van der Waals surface area contributed by atoms with E-state index in [9.17, 15) is 5.11 Å². The highest BCUT2D eigenvalue weighted by Gasteiger charge is 2.22. The molecule has 3 N–H and O–H groups in total. The minimum atomic E-state index is 0.0342. The minimum absolute atomic E-state index is 0.0342. The molecule has 0 atom stereocenters. The molecular weight excluding hydrogens is 385 g/mol. The summed E-state index contributed by atoms with van der Waals surface area (Å²) in [5.41, 5.74) is 9.75. The predicted octanol–water partition coefficient (Wildman–Crippen LogP) is 4.21. The zero-order valence-electron chi connectivity index (χ0n) is 14.7. The summed E-state index contributed by atoms with van der Waals surface area (Å²) in [6.45, 7) is 2.15. The lowest BCUT2D eigenvalue weighted by molar-refractivity contribution is 0.446. The number of aromatic hydroxyl groups is 1. The fraction of sp³-hybridized carbons (Fsp3) is 0.158. The molecule has 4 aromatic rings. The molecule has 3 aromatic heterocycles. The number of benzene rings is 1. The first-order valence-corrected chi connectivity index (χ1v) is 9.05. The first-order chi connectivity index (χ1) is 12.9. The summed E-state index contributed by atoms with van der Waals surface area (Å²) >= 11 is 12.5. The van der Waals surface area contributed by atoms with Gasteiger partial charge in [-0.1, -0.05) is 29.3 Å². The molecule has 0 aliphatic rings. The Morgan fingerprint density at radius 1 is 1.22 bits per heavy atom. The van der Waals surface area contributed by atoms with Crippen LogP contribution in [0.1, 0.15) is 11.3 Å². The van der Waals surface area contributed by atoms with E-state index in [1.807, 2.05) is 26.1 Å². The van der Waals surface area contributed by atoms with Crippen LogP contribution in [0.3, 0.4) is 0 Å². The molecule has 138 valence electrons. The molecule has 4 rings (SSSR count). The highest BCUT2D eigenvalue weighted by molar-refractivity contribution is 6.36. The van der Waals surface area contributed by atoms with E-state index >= 15 is 0 Å². The summed E-state index contributed by atoms with van der Waals surface area (Å²) < 4.78 is 3.27. The molecule has 0 spiro atoms. The van der Waals surface area contributed by atoms with Gasteiger partial charge in [0.2, 0.25) is 5.88 Å². The summed E-state index contributed by atoms with van der Waals surface area (Å²) in [4.78, 5) is 4.63. The van der Waals surface area contributed by atoms with Gasteiger partial charge in [0.1, 0.15) is 0 Å². The Balaban J connectivity index is 2.11. The van der Waals surface area contributed by atoms with Crippen molar-refractivity contribution in [2.75, 3.05) is 0 Å². The van der Waals surface area contributed by atoms with E-state index in [4.69, 9.17) is 28.9 Å². The number of rotatable bonds is 3. The van der Waals surface area contributed by atoms with Gasteiger partial charge in [0.25, 0.3) is 0 Å². The molecule has 0 saturated heterocycles. The van der Waals surface area contributed by atoms with Crippen molar-refractivity contribution in [2.24, 2.45) is 12.8 Å². The van der Waals surface area contributed by atoms with Crippen LogP contribution in [-0.4, -0.2) is 24.4 Å². The highest BCUT2D eigenvalue weighted by Crippen LogP contribution is 2.42. The Morgan fingerprint density at radius 3 is 2.63 bits per heavy atom. The van der Waals surface area contributed by atoms with Gasteiger partial charge in [0.15, 0.2) is 5.82 Å². The first kappa shape index (κ1) is 17.9. The standard InChI is InChI=1S/C19H17Cl2N5O/c1-10-13(8-22)17(12-4-3-11(20)7-14(12)21)18-15(23-10)9-26(19(18)27)16-5-6-25(2)24-16/h3-7,9,27H,8,22H2,1-2H3. The van der Waals surface area contributed by atoms with Crippen LogP contribution in [0.25, 0.3) is 27.8 Å². The van der Waals surface area contributed by atoms with E-state index in [0.29, 0.717) is 26.8 Å². The molecule has 0 fully saturated rings. The molecule has 3 heterocycles. The Morgan fingerprint density at radius 2 is 2.00 bits per heavy atom. The summed E-state index contributed by atoms with van der Waals surface area (Å²) in [6.07, 6.45) is 3.56. The maximum atomic E-state index is 11.0. The average Bonchev–Trinajstić information content (AvgIpc) is 3.17. The van der Waals surface area contributed by atoms with E-state index in [1.165, 1.54) is 0 Å². The highest BCUT2D eigenvalue weighted by atomic mass is 35.5. The van der Waals surface area contributed by atoms with Gasteiger partial charge in [0, 0.05) is 58.9 Å². The third-order valence-corrected chi connectivity index (χ3v) is 5.13. The monoisotopic (exact) mass is 401 g/mol. The van der Waals surface area contributed by atoms with Crippen LogP contribution in [0, 0.1) is 6.92 Å². The van der Waals surface area contributed by atoms with Gasteiger partial charge in [-0.3, -0.25) is 14.2 Å². The van der Waals surface area contributed by atoms with Crippen molar-refractivity contribution >= 4 is 34.1 Å². The van der Waals surface area contributed by atoms with Crippen molar-refractivity contribution < 1.29 is 5.11 Å². The zero-order valence-corrected chi connectivity index (χ0v) is 16.3. The largest absolute Gasteiger partial charge is 0.494 e. The lowest BCUT2D eigenvalue weighted by Gasteiger charge is -2.14. The molecule has 0 aliphatic carbocycles. The molecule has 6 nitrogen and oxygen atoms in total. The fourth-order valence-corrected chi connectivity index (χ4v) is 3.84. The van der Waals surface area contributed by atoms with Crippen molar-refractivity contribution in [1.29, 1.82) is 0 Å². The number of fused-ring (bicyclic) bond motifs is 1. The van der Waals surface area contributed by atoms with Crippen molar-refractivity contribution in [1.82, 2.24) is 19.3 Å². The number of pyridine rings is 1. The van der Waals surface area contributed by atoms with Crippen LogP contribution in [0.15, 0.2) is 36.7 Å². The molecule has 0 aliphatic heterocycles. The van der Waals surface area contributed by atoms with Crippen molar-refractivity contribution in [3.63, 3.8) is 0 Å². The first-order valence-electron chi connectivity index (χ1n) is 8.29. The number of nitrogens with zero attached hydrogens (tertiary/aromatic N) is 4. The SMILES string of the molecule is Cc1nc2cn(-c3ccn(C)n3)c(O)c2c(-c2ccc(Cl)cc2Cl)c1CN. The van der Waals surface area contributed by atoms with Gasteiger partial charge >= 0.3 is 0 Å². The second kappa shape index (κ2) is 6.56. The molecule has 0 radical (unpaired) electrons. The lowest BCUT2D eigenvalue weighted by atomic mass is 9.95. The molecule has 0 unspecified atom stereocenters. The van der Waals surface area contributed by atoms with Crippen molar-refractivity contribution in [3.05, 3.63) is 58.0 Å². The number of hydrogen-bond acceptors (Lipinski definition) is 4. The van der Waals surface area contributed by atoms with Crippen LogP contribution < -0.4 is 5.73 Å². The van der Waals surface area contributed by atoms with E-state index < -0.39 is 0 Å². The smallest absolute Gasteiger partial charge is 0.207 e. The number of aryl methyl sites for hydroxylation is 2. The van der Waals surface area contributed by atoms with Gasteiger partial charge in [-0.25, -0.2) is 0 Å². The number of nitrogens with two attached hydrogens (primary N) is 1. The third kappa shape index (κ3) is 2.86. The second-order valence-electron chi connectivity index (χ2n) is 6.31. The van der Waals surface area contributed by atoms with Crippen LogP contribution in [0.2, 0.25) is 10.0 Å². The van der Waals surface area contributed by atoms with Crippen LogP contribution >= 0.6 is 23.2 Å². The molecule has 8 heteroatoms. The lowest BCUT2D eigenvalue weighted by Crippen LogP contribution is -2.04. The zero-order chi connectivity index (χ0) is 19.3. The van der Waals surface area contributed by atoms with E-state index in [2.05, 4.69) is 10.1 Å². The third-order valence-electron chi connectivity index (χ3n) is 4.59. The Bertz CT molecular complexity index is 1180. The summed E-state index contributed by atoms with van der Waals surface area (Å²) in [6, 6.07) is 7.07. The van der Waals surface area contributed by atoms with E-state index in [0.717, 1.165) is 22.4 Å². The van der Waals surface area contributed by atoms with Crippen molar-refractivity contribution in [2.45, 2.75) is 13.5 Å². The van der Waals surface area contributed by atoms with Crippen LogP contribution in [0.4, 0.5) is 0 Å². The number of aromatic nitrogens is 4. The number of halogens is 2. The van der Waals surface area contributed by atoms with E-state index in [1.54, 1.807) is 33.8 Å². The summed E-state index contributed by atoms with van der Waals surface area (Å²) in [7, 11) is 1.82. The van der Waals surface area contributed by atoms with Gasteiger partial charge in [-0.05, 0) is 24.6 Å². The summed E-state index contributed by atoms with van der Waals surface area (Å²) in [5.74, 6) is 0.625. The van der Waals surface area contributed by atoms with Gasteiger partial charge in [-0.15, -0.1) is 0 Å². The maximum Gasteiger partial charge on any atom is 0.207 e. The van der Waals surface area contributed by atoms with Gasteiger partial charge < -0.3 is 10.8 Å². The molecule has 0 saturated carbocycles. The second-order valence-corrected chi connectivity index (χ2v) is 7.15. The Hall–Kier alpha value is -2.54. The normalized spacial score (nSPS) is 11.4. The topological polar surface area (TPSA) is 81.9 Å². The van der Waals surface area contributed by atoms with Crippen molar-refractivity contribution in [3.8, 4) is 22.8 Å². The van der Waals surface area contributed by atoms with Crippen LogP contribution in [-0.2, 0) is 13.6 Å². The minimum Gasteiger partial charge on any atom is -0.494 e. The predicted molar refractivity (Wildman–Crippen MR) is 108 cm³/mol. The average molecular weight is 402 g/mol. The van der Waals surface area contributed by atoms with Crippen LogP contribution in [0.5, 0.6) is 5.88 Å². The quantitative estimate of drug-likeness (QED) is 0.538. The summed E-state index contributed by atoms with van der Waals surface area (Å²) in [5, 5.41) is 17.0. The molecule has 27 heavy (non-hydrogen) atoms. The molecule has 0 amide bonds. The van der Waals surface area contributed by atoms with Gasteiger partial charge in [0.05, 0.1) is 10.9 Å². The molecular formula is C19H17Cl2N5O.